The van der Waals surface area contributed by atoms with Gasteiger partial charge in [-0.15, -0.1) is 10.2 Å². The molecular formula is C27H29N7O. The summed E-state index contributed by atoms with van der Waals surface area (Å²) >= 11 is 0. The Hall–Kier alpha value is -3.94. The molecule has 1 N–H and O–H groups in total. The first kappa shape index (κ1) is 22.8. The van der Waals surface area contributed by atoms with Crippen LogP contribution in [0.5, 0.6) is 0 Å². The lowest BCUT2D eigenvalue weighted by molar-refractivity contribution is -0.119. The molecule has 35 heavy (non-hydrogen) atoms. The van der Waals surface area contributed by atoms with Crippen LogP contribution in [0.25, 0.3) is 22.5 Å². The molecule has 0 saturated carbocycles. The molecule has 0 unspecified atom stereocenters. The monoisotopic (exact) mass is 467 g/mol. The number of hydrogen-bond acceptors (Lipinski definition) is 6. The van der Waals surface area contributed by atoms with Crippen molar-refractivity contribution in [2.45, 2.75) is 52.4 Å². The van der Waals surface area contributed by atoms with Crippen molar-refractivity contribution >= 4 is 11.7 Å². The zero-order chi connectivity index (χ0) is 24.2. The Morgan fingerprint density at radius 2 is 1.49 bits per heavy atom. The van der Waals surface area contributed by atoms with Crippen molar-refractivity contribution < 1.29 is 4.79 Å². The first-order chi connectivity index (χ1) is 17.1. The van der Waals surface area contributed by atoms with E-state index in [1.807, 2.05) is 4.90 Å². The van der Waals surface area contributed by atoms with Gasteiger partial charge in [-0.25, -0.2) is 9.97 Å². The quantitative estimate of drug-likeness (QED) is 0.379. The van der Waals surface area contributed by atoms with Crippen molar-refractivity contribution in [3.63, 3.8) is 0 Å². The van der Waals surface area contributed by atoms with Gasteiger partial charge in [0.15, 0.2) is 11.6 Å². The normalized spacial score (nSPS) is 13.2. The summed E-state index contributed by atoms with van der Waals surface area (Å²) < 4.78 is 0. The molecule has 0 aliphatic carbocycles. The molecule has 1 amide bonds. The number of unbranched alkanes of at least 4 members (excludes halogenated alkanes) is 2. The Balaban J connectivity index is 1.44. The fraction of sp³-hybridized carbons (Fsp3) is 0.333. The summed E-state index contributed by atoms with van der Waals surface area (Å²) in [4.78, 5) is 24.9. The molecule has 0 atom stereocenters. The average Bonchev–Trinajstić information content (AvgIpc) is 3.39. The SMILES string of the molecule is Cc1ccc(-c2nc3c(nc2-c2ccc(C)cc2)N(CCCCCc2nn[nH]n2)C(=O)CC3)cc1. The third kappa shape index (κ3) is 5.11. The van der Waals surface area contributed by atoms with Crippen LogP contribution in [0.4, 0.5) is 5.82 Å². The van der Waals surface area contributed by atoms with E-state index in [0.717, 1.165) is 59.7 Å². The molecule has 0 fully saturated rings. The van der Waals surface area contributed by atoms with Crippen LogP contribution >= 0.6 is 0 Å². The molecule has 8 nitrogen and oxygen atoms in total. The predicted molar refractivity (Wildman–Crippen MR) is 135 cm³/mol. The summed E-state index contributed by atoms with van der Waals surface area (Å²) in [7, 11) is 0. The number of aromatic amines is 1. The van der Waals surface area contributed by atoms with E-state index in [1.54, 1.807) is 0 Å². The Kier molecular flexibility index (Phi) is 6.61. The molecule has 1 aliphatic rings. The number of anilines is 1. The fourth-order valence-corrected chi connectivity index (χ4v) is 4.40. The lowest BCUT2D eigenvalue weighted by Crippen LogP contribution is -2.37. The van der Waals surface area contributed by atoms with Gasteiger partial charge in [0.25, 0.3) is 0 Å². The highest BCUT2D eigenvalue weighted by Gasteiger charge is 2.28. The topological polar surface area (TPSA) is 101 Å². The number of rotatable bonds is 8. The minimum Gasteiger partial charge on any atom is -0.295 e. The van der Waals surface area contributed by atoms with Gasteiger partial charge in [0, 0.05) is 36.9 Å². The number of hydrogen-bond donors (Lipinski definition) is 1. The van der Waals surface area contributed by atoms with Crippen LogP contribution in [0, 0.1) is 13.8 Å². The molecule has 2 aromatic carbocycles. The van der Waals surface area contributed by atoms with Crippen LogP contribution in [0.15, 0.2) is 48.5 Å². The number of aromatic nitrogens is 6. The van der Waals surface area contributed by atoms with E-state index in [0.29, 0.717) is 25.2 Å². The number of carbonyl (C=O) groups is 1. The standard InChI is InChI=1S/C27H29N7O/c1-18-7-11-20(12-8-18)25-26(21-13-9-19(2)10-14-21)29-27-22(28-25)15-16-24(35)34(27)17-5-3-4-6-23-30-32-33-31-23/h7-14H,3-6,15-17H2,1-2H3,(H,30,31,32,33). The summed E-state index contributed by atoms with van der Waals surface area (Å²) in [6, 6.07) is 16.7. The lowest BCUT2D eigenvalue weighted by Gasteiger charge is -2.29. The number of nitrogens with zero attached hydrogens (tertiary/aromatic N) is 6. The number of carbonyl (C=O) groups excluding carboxylic acids is 1. The minimum atomic E-state index is 0.114. The highest BCUT2D eigenvalue weighted by molar-refractivity contribution is 5.96. The van der Waals surface area contributed by atoms with Crippen LogP contribution in [-0.4, -0.2) is 43.0 Å². The zero-order valence-corrected chi connectivity index (χ0v) is 20.2. The average molecular weight is 468 g/mol. The maximum atomic E-state index is 12.9. The van der Waals surface area contributed by atoms with Gasteiger partial charge in [0.05, 0.1) is 17.1 Å². The lowest BCUT2D eigenvalue weighted by atomic mass is 10.0. The number of tetrazole rings is 1. The van der Waals surface area contributed by atoms with Gasteiger partial charge in [-0.2, -0.15) is 5.21 Å². The van der Waals surface area contributed by atoms with Gasteiger partial charge in [0.2, 0.25) is 5.91 Å². The third-order valence-corrected chi connectivity index (χ3v) is 6.40. The van der Waals surface area contributed by atoms with E-state index < -0.39 is 0 Å². The summed E-state index contributed by atoms with van der Waals surface area (Å²) in [6.07, 6.45) is 4.64. The van der Waals surface area contributed by atoms with E-state index in [-0.39, 0.29) is 5.91 Å². The predicted octanol–water partition coefficient (Wildman–Crippen LogP) is 4.63. The second-order valence-electron chi connectivity index (χ2n) is 9.11. The molecule has 0 saturated heterocycles. The summed E-state index contributed by atoms with van der Waals surface area (Å²) in [6.45, 7) is 4.78. The summed E-state index contributed by atoms with van der Waals surface area (Å²) in [5.41, 5.74) is 6.99. The number of H-pyrrole nitrogens is 1. The van der Waals surface area contributed by atoms with Crippen molar-refractivity contribution in [3.8, 4) is 22.5 Å². The van der Waals surface area contributed by atoms with E-state index in [2.05, 4.69) is 83.0 Å². The minimum absolute atomic E-state index is 0.114. The molecule has 1 aliphatic heterocycles. The van der Waals surface area contributed by atoms with Gasteiger partial charge in [-0.05, 0) is 26.7 Å². The Morgan fingerprint density at radius 1 is 0.829 bits per heavy atom. The molecule has 0 radical (unpaired) electrons. The number of aryl methyl sites for hydroxylation is 4. The van der Waals surface area contributed by atoms with E-state index in [4.69, 9.17) is 9.97 Å². The van der Waals surface area contributed by atoms with Crippen molar-refractivity contribution in [1.29, 1.82) is 0 Å². The number of amides is 1. The Morgan fingerprint density at radius 3 is 2.11 bits per heavy atom. The molecule has 8 heteroatoms. The Bertz CT molecular complexity index is 1300. The molecule has 0 spiro atoms. The maximum absolute atomic E-state index is 12.9. The molecular weight excluding hydrogens is 438 g/mol. The second-order valence-corrected chi connectivity index (χ2v) is 9.11. The molecule has 4 aromatic rings. The van der Waals surface area contributed by atoms with Crippen molar-refractivity contribution in [2.75, 3.05) is 11.4 Å². The van der Waals surface area contributed by atoms with Crippen LogP contribution in [0.3, 0.4) is 0 Å². The first-order valence-electron chi connectivity index (χ1n) is 12.2. The maximum Gasteiger partial charge on any atom is 0.228 e. The third-order valence-electron chi connectivity index (χ3n) is 6.40. The molecule has 0 bridgehead atoms. The van der Waals surface area contributed by atoms with Crippen LogP contribution in [0.1, 0.15) is 48.3 Å². The van der Waals surface area contributed by atoms with Gasteiger partial charge < -0.3 is 0 Å². The van der Waals surface area contributed by atoms with E-state index in [1.165, 1.54) is 11.1 Å². The van der Waals surface area contributed by atoms with E-state index >= 15 is 0 Å². The summed E-state index contributed by atoms with van der Waals surface area (Å²) in [5, 5.41) is 14.1. The van der Waals surface area contributed by atoms with Crippen molar-refractivity contribution in [3.05, 3.63) is 71.2 Å². The van der Waals surface area contributed by atoms with Crippen LogP contribution in [-0.2, 0) is 17.6 Å². The Labute approximate surface area is 204 Å². The van der Waals surface area contributed by atoms with Gasteiger partial charge in [-0.1, -0.05) is 71.3 Å². The molecule has 5 rings (SSSR count). The van der Waals surface area contributed by atoms with Gasteiger partial charge in [0.1, 0.15) is 0 Å². The first-order valence-corrected chi connectivity index (χ1v) is 12.2. The fourth-order valence-electron chi connectivity index (χ4n) is 4.40. The van der Waals surface area contributed by atoms with Gasteiger partial charge in [-0.3, -0.25) is 9.69 Å². The number of benzene rings is 2. The zero-order valence-electron chi connectivity index (χ0n) is 20.2. The smallest absolute Gasteiger partial charge is 0.228 e. The summed E-state index contributed by atoms with van der Waals surface area (Å²) in [5.74, 6) is 1.54. The van der Waals surface area contributed by atoms with Gasteiger partial charge >= 0.3 is 0 Å². The van der Waals surface area contributed by atoms with Crippen molar-refractivity contribution in [1.82, 2.24) is 30.6 Å². The largest absolute Gasteiger partial charge is 0.295 e. The number of nitrogens with one attached hydrogen (secondary N) is 1. The molecule has 2 aromatic heterocycles. The van der Waals surface area contributed by atoms with Crippen LogP contribution in [0.2, 0.25) is 0 Å². The highest BCUT2D eigenvalue weighted by Crippen LogP contribution is 2.35. The van der Waals surface area contributed by atoms with Crippen LogP contribution < -0.4 is 4.90 Å². The highest BCUT2D eigenvalue weighted by atomic mass is 16.2. The molecule has 178 valence electrons. The number of fused-ring (bicyclic) bond motifs is 1. The van der Waals surface area contributed by atoms with E-state index in [9.17, 15) is 4.79 Å². The second kappa shape index (κ2) is 10.1. The molecule has 3 heterocycles. The van der Waals surface area contributed by atoms with Crippen molar-refractivity contribution in [2.24, 2.45) is 0 Å².